The summed E-state index contributed by atoms with van der Waals surface area (Å²) in [4.78, 5) is 6.02. The Hall–Kier alpha value is -1.24. The Morgan fingerprint density at radius 1 is 1.04 bits per heavy atom. The lowest BCUT2D eigenvalue weighted by Gasteiger charge is -2.20. The summed E-state index contributed by atoms with van der Waals surface area (Å²) in [5.41, 5.74) is 1.79. The quantitative estimate of drug-likeness (QED) is 0.612. The van der Waals surface area contributed by atoms with Gasteiger partial charge in [0, 0.05) is 11.7 Å². The van der Waals surface area contributed by atoms with Gasteiger partial charge in [0.15, 0.2) is 0 Å². The predicted molar refractivity (Wildman–Crippen MR) is 97.6 cm³/mol. The maximum atomic E-state index is 12.2. The molecule has 0 radical (unpaired) electrons. The molecule has 0 amide bonds. The van der Waals surface area contributed by atoms with E-state index in [1.165, 1.54) is 24.3 Å². The third kappa shape index (κ3) is 5.62. The van der Waals surface area contributed by atoms with Crippen LogP contribution in [0.5, 0.6) is 0 Å². The van der Waals surface area contributed by atoms with E-state index < -0.39 is 25.6 Å². The minimum absolute atomic E-state index is 0.0270. The monoisotopic (exact) mass is 424 g/mol. The van der Waals surface area contributed by atoms with Crippen LogP contribution in [0.1, 0.15) is 20.8 Å². The summed E-state index contributed by atoms with van der Waals surface area (Å²) in [7, 11) is -7.51. The van der Waals surface area contributed by atoms with Crippen LogP contribution in [0.4, 0.5) is 5.82 Å². The number of hydrogen-bond donors (Lipinski definition) is 3. The van der Waals surface area contributed by atoms with Gasteiger partial charge in [0.2, 0.25) is 10.0 Å². The van der Waals surface area contributed by atoms with Crippen LogP contribution < -0.4 is 15.0 Å². The maximum absolute atomic E-state index is 12.2. The van der Waals surface area contributed by atoms with E-state index in [1.54, 1.807) is 20.8 Å². The number of aromatic nitrogens is 1. The normalized spacial score (nSPS) is 13.0. The standard InChI is InChI=1S/C13H17ClN4O4S3/c1-13(2,3)17-24(19,20)9-4-6-11(15-8-9)16-18-25(21,22)12-7-5-10(14)23-12/h4-8,17-18H,1-3H3,(H,15,16). The molecule has 2 aromatic rings. The van der Waals surface area contributed by atoms with E-state index >= 15 is 0 Å². The van der Waals surface area contributed by atoms with E-state index in [9.17, 15) is 16.8 Å². The average Bonchev–Trinajstić information content (AvgIpc) is 2.91. The number of rotatable bonds is 6. The second-order valence-corrected chi connectivity index (χ2v) is 11.3. The molecule has 2 rings (SSSR count). The number of thiophene rings is 1. The van der Waals surface area contributed by atoms with Crippen LogP contribution in [0, 0.1) is 0 Å². The molecule has 0 fully saturated rings. The lowest BCUT2D eigenvalue weighted by molar-refractivity contribution is 0.491. The molecule has 138 valence electrons. The van der Waals surface area contributed by atoms with Crippen LogP contribution in [-0.4, -0.2) is 27.4 Å². The van der Waals surface area contributed by atoms with Crippen LogP contribution in [0.3, 0.4) is 0 Å². The van der Waals surface area contributed by atoms with Gasteiger partial charge in [-0.3, -0.25) is 5.43 Å². The van der Waals surface area contributed by atoms with Crippen molar-refractivity contribution in [2.24, 2.45) is 0 Å². The molecule has 0 spiro atoms. The van der Waals surface area contributed by atoms with Gasteiger partial charge < -0.3 is 0 Å². The first-order valence-electron chi connectivity index (χ1n) is 6.92. The summed E-state index contributed by atoms with van der Waals surface area (Å²) in [6, 6.07) is 5.51. The molecular formula is C13H17ClN4O4S3. The van der Waals surface area contributed by atoms with Crippen molar-refractivity contribution in [3.63, 3.8) is 0 Å². The Kier molecular flexibility index (Phi) is 5.76. The van der Waals surface area contributed by atoms with Gasteiger partial charge in [0.25, 0.3) is 10.0 Å². The third-order valence-electron chi connectivity index (χ3n) is 2.61. The van der Waals surface area contributed by atoms with E-state index in [4.69, 9.17) is 11.6 Å². The number of anilines is 1. The number of hydrazine groups is 1. The van der Waals surface area contributed by atoms with Crippen LogP contribution in [-0.2, 0) is 20.0 Å². The minimum Gasteiger partial charge on any atom is -0.292 e. The fourth-order valence-corrected chi connectivity index (χ4v) is 5.38. The second kappa shape index (κ2) is 7.17. The number of sulfonamides is 2. The fraction of sp³-hybridized carbons (Fsp3) is 0.308. The molecule has 2 aromatic heterocycles. The summed E-state index contributed by atoms with van der Waals surface area (Å²) in [6.07, 6.45) is 1.13. The first kappa shape index (κ1) is 20.1. The Labute approximate surface area is 155 Å². The van der Waals surface area contributed by atoms with Crippen LogP contribution >= 0.6 is 22.9 Å². The first-order valence-corrected chi connectivity index (χ1v) is 11.1. The Bertz CT molecular complexity index is 948. The number of halogens is 1. The van der Waals surface area contributed by atoms with E-state index in [0.29, 0.717) is 4.34 Å². The highest BCUT2D eigenvalue weighted by molar-refractivity contribution is 7.91. The first-order chi connectivity index (χ1) is 11.4. The smallest absolute Gasteiger partial charge is 0.266 e. The number of nitrogens with zero attached hydrogens (tertiary/aromatic N) is 1. The lowest BCUT2D eigenvalue weighted by Crippen LogP contribution is -2.40. The highest BCUT2D eigenvalue weighted by Gasteiger charge is 2.22. The molecule has 0 aliphatic rings. The molecule has 0 saturated carbocycles. The van der Waals surface area contributed by atoms with E-state index in [2.05, 4.69) is 20.0 Å². The molecule has 0 unspecified atom stereocenters. The second-order valence-electron chi connectivity index (χ2n) is 6.02. The van der Waals surface area contributed by atoms with Gasteiger partial charge in [-0.25, -0.2) is 26.5 Å². The predicted octanol–water partition coefficient (Wildman–Crippen LogP) is 2.18. The molecule has 0 aliphatic heterocycles. The van der Waals surface area contributed by atoms with E-state index in [-0.39, 0.29) is 14.9 Å². The largest absolute Gasteiger partial charge is 0.292 e. The topological polar surface area (TPSA) is 117 Å². The molecule has 0 aliphatic carbocycles. The third-order valence-corrected chi connectivity index (χ3v) is 7.33. The fourth-order valence-electron chi connectivity index (χ4n) is 1.69. The molecule has 25 heavy (non-hydrogen) atoms. The molecule has 0 saturated heterocycles. The number of hydrogen-bond acceptors (Lipinski definition) is 7. The molecule has 12 heteroatoms. The SMILES string of the molecule is CC(C)(C)NS(=O)(=O)c1ccc(NNS(=O)(=O)c2ccc(Cl)s2)nc1. The van der Waals surface area contributed by atoms with Gasteiger partial charge in [0.1, 0.15) is 14.9 Å². The van der Waals surface area contributed by atoms with Crippen molar-refractivity contribution < 1.29 is 16.8 Å². The van der Waals surface area contributed by atoms with Crippen molar-refractivity contribution in [2.45, 2.75) is 35.4 Å². The van der Waals surface area contributed by atoms with Crippen molar-refractivity contribution >= 4 is 48.8 Å². The van der Waals surface area contributed by atoms with Gasteiger partial charge in [-0.1, -0.05) is 11.6 Å². The minimum atomic E-state index is -3.80. The summed E-state index contributed by atoms with van der Waals surface area (Å²) in [5, 5.41) is 0. The van der Waals surface area contributed by atoms with Crippen LogP contribution in [0.2, 0.25) is 4.34 Å². The van der Waals surface area contributed by atoms with Crippen molar-refractivity contribution in [1.29, 1.82) is 0 Å². The average molecular weight is 425 g/mol. The summed E-state index contributed by atoms with van der Waals surface area (Å²) >= 11 is 6.63. The molecular weight excluding hydrogens is 408 g/mol. The van der Waals surface area contributed by atoms with Gasteiger partial charge in [-0.15, -0.1) is 16.2 Å². The Morgan fingerprint density at radius 2 is 1.72 bits per heavy atom. The molecule has 8 nitrogen and oxygen atoms in total. The van der Waals surface area contributed by atoms with Crippen molar-refractivity contribution in [2.75, 3.05) is 5.43 Å². The molecule has 3 N–H and O–H groups in total. The maximum Gasteiger partial charge on any atom is 0.266 e. The molecule has 2 heterocycles. The molecule has 0 atom stereocenters. The highest BCUT2D eigenvalue weighted by atomic mass is 35.5. The van der Waals surface area contributed by atoms with Crippen LogP contribution in [0.25, 0.3) is 0 Å². The lowest BCUT2D eigenvalue weighted by atomic mass is 10.1. The zero-order chi connectivity index (χ0) is 18.9. The summed E-state index contributed by atoms with van der Waals surface area (Å²) < 4.78 is 51.3. The molecule has 0 aromatic carbocycles. The van der Waals surface area contributed by atoms with E-state index in [1.807, 2.05) is 0 Å². The van der Waals surface area contributed by atoms with Crippen molar-refractivity contribution in [3.8, 4) is 0 Å². The van der Waals surface area contributed by atoms with Gasteiger partial charge in [0.05, 0.1) is 4.34 Å². The highest BCUT2D eigenvalue weighted by Crippen LogP contribution is 2.25. The molecule has 0 bridgehead atoms. The summed E-state index contributed by atoms with van der Waals surface area (Å²) in [6.45, 7) is 5.17. The van der Waals surface area contributed by atoms with Crippen molar-refractivity contribution in [3.05, 3.63) is 34.8 Å². The van der Waals surface area contributed by atoms with E-state index in [0.717, 1.165) is 17.5 Å². The Morgan fingerprint density at radius 3 is 2.20 bits per heavy atom. The van der Waals surface area contributed by atoms with Crippen molar-refractivity contribution in [1.82, 2.24) is 14.5 Å². The Balaban J connectivity index is 2.08. The van der Waals surface area contributed by atoms with Gasteiger partial charge in [-0.2, -0.15) is 0 Å². The van der Waals surface area contributed by atoms with Gasteiger partial charge in [-0.05, 0) is 45.0 Å². The zero-order valence-corrected chi connectivity index (χ0v) is 16.8. The van der Waals surface area contributed by atoms with Gasteiger partial charge >= 0.3 is 0 Å². The van der Waals surface area contributed by atoms with Crippen LogP contribution in [0.15, 0.2) is 39.6 Å². The number of nitrogens with one attached hydrogen (secondary N) is 3. The summed E-state index contributed by atoms with van der Waals surface area (Å²) in [5.74, 6) is 0.140. The number of pyridine rings is 1. The zero-order valence-electron chi connectivity index (χ0n) is 13.6.